The average molecular weight is 1000 g/mol. The van der Waals surface area contributed by atoms with Crippen LogP contribution in [0.15, 0.2) is 84.9 Å². The van der Waals surface area contributed by atoms with Gasteiger partial charge in [0, 0.05) is 43.1 Å². The fourth-order valence-electron chi connectivity index (χ4n) is 10.6. The molecule has 3 aliphatic rings. The zero-order chi connectivity index (χ0) is 50.9. The Kier molecular flexibility index (Phi) is 13.9. The Morgan fingerprint density at radius 3 is 2.49 bits per heavy atom. The van der Waals surface area contributed by atoms with Gasteiger partial charge in [0.25, 0.3) is 5.91 Å². The van der Waals surface area contributed by atoms with Crippen molar-refractivity contribution in [2.24, 2.45) is 13.0 Å². The van der Waals surface area contributed by atoms with E-state index in [9.17, 15) is 29.1 Å². The van der Waals surface area contributed by atoms with Crippen molar-refractivity contribution in [3.63, 3.8) is 0 Å². The number of hydrogen-bond donors (Lipinski definition) is 4. The number of pyridine rings is 1. The summed E-state index contributed by atoms with van der Waals surface area (Å²) in [6, 6.07) is 26.5. The molecule has 2 saturated heterocycles. The molecule has 17 nitrogen and oxygen atoms in total. The molecule has 3 aliphatic heterocycles. The molecule has 73 heavy (non-hydrogen) atoms. The summed E-state index contributed by atoms with van der Waals surface area (Å²) in [6.07, 6.45) is 5.03. The number of anilines is 3. The fourth-order valence-corrected chi connectivity index (χ4v) is 11.4. The minimum atomic E-state index is -1.13. The SMILES string of the molecule is COc1c(NC(=O)CN2CCC(CC[C@@H](C)Oc3ccc(-c4ccc(N5CCc6cccc(C(=O)Nc7nc8ccccc8s7)c6C5)nc4C(=O)O)c(C)c3)CC2)ccc2c(C3CCC(=O)NC3=O)nn(C)c12. The largest absolute Gasteiger partial charge is 0.492 e. The number of thiazole rings is 1. The van der Waals surface area contributed by atoms with Crippen molar-refractivity contribution in [2.75, 3.05) is 48.8 Å². The van der Waals surface area contributed by atoms with Gasteiger partial charge in [-0.3, -0.25) is 39.4 Å². The third-order valence-electron chi connectivity index (χ3n) is 14.4. The van der Waals surface area contributed by atoms with Crippen LogP contribution in [-0.2, 0) is 34.4 Å². The molecule has 0 aliphatic carbocycles. The van der Waals surface area contributed by atoms with Crippen LogP contribution in [-0.4, -0.2) is 98.7 Å². The lowest BCUT2D eigenvalue weighted by molar-refractivity contribution is -0.134. The highest BCUT2D eigenvalue weighted by molar-refractivity contribution is 7.22. The van der Waals surface area contributed by atoms with Crippen molar-refractivity contribution in [3.8, 4) is 22.6 Å². The monoisotopic (exact) mass is 1000 g/mol. The van der Waals surface area contributed by atoms with Crippen LogP contribution < -0.4 is 30.3 Å². The number of benzene rings is 4. The number of hydrogen-bond acceptors (Lipinski definition) is 13. The van der Waals surface area contributed by atoms with Gasteiger partial charge in [-0.2, -0.15) is 5.10 Å². The van der Waals surface area contributed by atoms with Crippen LogP contribution in [0.5, 0.6) is 11.5 Å². The van der Waals surface area contributed by atoms with E-state index in [1.165, 1.54) is 18.4 Å². The number of para-hydroxylation sites is 1. The van der Waals surface area contributed by atoms with Crippen LogP contribution in [0, 0.1) is 12.8 Å². The summed E-state index contributed by atoms with van der Waals surface area (Å²) in [5.74, 6) is -0.527. The number of piperidine rings is 2. The summed E-state index contributed by atoms with van der Waals surface area (Å²) in [6.45, 7) is 6.87. The number of aryl methyl sites for hydroxylation is 2. The molecule has 0 radical (unpaired) electrons. The number of carbonyl (C=O) groups is 5. The molecule has 4 N–H and O–H groups in total. The first-order valence-corrected chi connectivity index (χ1v) is 25.6. The first-order chi connectivity index (χ1) is 35.3. The van der Waals surface area contributed by atoms with Crippen LogP contribution >= 0.6 is 11.3 Å². The van der Waals surface area contributed by atoms with Gasteiger partial charge >= 0.3 is 5.97 Å². The van der Waals surface area contributed by atoms with Gasteiger partial charge < -0.3 is 24.8 Å². The van der Waals surface area contributed by atoms with Gasteiger partial charge in [-0.05, 0) is 148 Å². The van der Waals surface area contributed by atoms with E-state index in [1.54, 1.807) is 17.8 Å². The number of carboxylic acids is 1. The van der Waals surface area contributed by atoms with Crippen LogP contribution in [0.4, 0.5) is 16.6 Å². The highest BCUT2D eigenvalue weighted by Gasteiger charge is 2.33. The Morgan fingerprint density at radius 1 is 0.918 bits per heavy atom. The second-order valence-corrected chi connectivity index (χ2v) is 20.3. The molecule has 0 saturated carbocycles. The third-order valence-corrected chi connectivity index (χ3v) is 15.3. The van der Waals surface area contributed by atoms with Crippen LogP contribution in [0.3, 0.4) is 0 Å². The number of methoxy groups -OCH3 is 1. The second-order valence-electron chi connectivity index (χ2n) is 19.2. The maximum Gasteiger partial charge on any atom is 0.355 e. The van der Waals surface area contributed by atoms with Crippen molar-refractivity contribution < 1.29 is 38.6 Å². The number of likely N-dealkylation sites (tertiary alicyclic amines) is 1. The second kappa shape index (κ2) is 20.8. The van der Waals surface area contributed by atoms with Crippen molar-refractivity contribution in [3.05, 3.63) is 119 Å². The average Bonchev–Trinajstić information content (AvgIpc) is 3.95. The van der Waals surface area contributed by atoms with E-state index in [1.807, 2.05) is 90.7 Å². The molecule has 1 unspecified atom stereocenters. The highest BCUT2D eigenvalue weighted by atomic mass is 32.1. The Labute approximate surface area is 425 Å². The minimum absolute atomic E-state index is 0.0479. The number of aromatic carboxylic acids is 1. The molecule has 10 rings (SSSR count). The van der Waals surface area contributed by atoms with Crippen molar-refractivity contribution in [1.29, 1.82) is 0 Å². The van der Waals surface area contributed by atoms with Crippen molar-refractivity contribution in [2.45, 2.75) is 77.4 Å². The molecule has 6 heterocycles. The Hall–Kier alpha value is -7.70. The molecular formula is C55H57N9O8S. The molecule has 7 aromatic rings. The van der Waals surface area contributed by atoms with E-state index in [0.717, 1.165) is 76.6 Å². The van der Waals surface area contributed by atoms with Crippen LogP contribution in [0.2, 0.25) is 0 Å². The molecule has 4 aromatic carbocycles. The Morgan fingerprint density at radius 2 is 1.73 bits per heavy atom. The Balaban J connectivity index is 0.711. The first-order valence-electron chi connectivity index (χ1n) is 24.7. The van der Waals surface area contributed by atoms with E-state index in [4.69, 9.17) is 14.5 Å². The lowest BCUT2D eigenvalue weighted by Gasteiger charge is -2.32. The molecule has 0 bridgehead atoms. The van der Waals surface area contributed by atoms with Crippen molar-refractivity contribution >= 4 is 78.7 Å². The lowest BCUT2D eigenvalue weighted by Crippen LogP contribution is -2.39. The Bertz CT molecular complexity index is 3270. The number of carboxylic acid groups (broad SMARTS) is 1. The number of ether oxygens (including phenoxy) is 2. The molecule has 376 valence electrons. The van der Waals surface area contributed by atoms with Gasteiger partial charge in [0.05, 0.1) is 47.3 Å². The maximum atomic E-state index is 13.6. The highest BCUT2D eigenvalue weighted by Crippen LogP contribution is 2.39. The van der Waals surface area contributed by atoms with Gasteiger partial charge in [0.15, 0.2) is 16.6 Å². The maximum absolute atomic E-state index is 13.6. The van der Waals surface area contributed by atoms with Gasteiger partial charge in [-0.1, -0.05) is 41.7 Å². The smallest absolute Gasteiger partial charge is 0.355 e. The van der Waals surface area contributed by atoms with E-state index in [-0.39, 0.29) is 48.4 Å². The molecule has 2 fully saturated rings. The predicted molar refractivity (Wildman–Crippen MR) is 280 cm³/mol. The minimum Gasteiger partial charge on any atom is -0.492 e. The van der Waals surface area contributed by atoms with Gasteiger partial charge in [-0.15, -0.1) is 0 Å². The van der Waals surface area contributed by atoms with Gasteiger partial charge in [0.2, 0.25) is 17.7 Å². The van der Waals surface area contributed by atoms with E-state index >= 15 is 0 Å². The number of fused-ring (bicyclic) bond motifs is 3. The summed E-state index contributed by atoms with van der Waals surface area (Å²) in [7, 11) is 3.31. The molecule has 18 heteroatoms. The van der Waals surface area contributed by atoms with Crippen LogP contribution in [0.1, 0.15) is 94.6 Å². The molecule has 3 aromatic heterocycles. The normalized spacial score (nSPS) is 16.8. The summed E-state index contributed by atoms with van der Waals surface area (Å²) in [4.78, 5) is 77.6. The number of nitrogens with one attached hydrogen (secondary N) is 3. The van der Waals surface area contributed by atoms with E-state index in [0.29, 0.717) is 82.3 Å². The summed E-state index contributed by atoms with van der Waals surface area (Å²) < 4.78 is 14.8. The predicted octanol–water partition coefficient (Wildman–Crippen LogP) is 8.49. The molecular weight excluding hydrogens is 947 g/mol. The van der Waals surface area contributed by atoms with Gasteiger partial charge in [-0.25, -0.2) is 14.8 Å². The number of nitrogens with zero attached hydrogens (tertiary/aromatic N) is 6. The topological polar surface area (TPSA) is 210 Å². The summed E-state index contributed by atoms with van der Waals surface area (Å²) in [5.41, 5.74) is 7.16. The van der Waals surface area contributed by atoms with Crippen molar-refractivity contribution in [1.82, 2.24) is 30.0 Å². The fraction of sp³-hybridized carbons (Fsp3) is 0.345. The first kappa shape index (κ1) is 48.9. The zero-order valence-corrected chi connectivity index (χ0v) is 42.0. The summed E-state index contributed by atoms with van der Waals surface area (Å²) in [5, 5.41) is 24.8. The quantitative estimate of drug-likeness (QED) is 0.0711. The zero-order valence-electron chi connectivity index (χ0n) is 41.2. The number of rotatable bonds is 15. The van der Waals surface area contributed by atoms with E-state index < -0.39 is 11.9 Å². The standard InChI is InChI=1S/C55H57N9O8S/c1-31-28-35(72-32(2)12-13-33-22-25-63(26-23-33)30-47(66)56-43-19-16-39-48(40-18-21-46(65)59-53(40)68)61-62(3)50(39)51(43)71-4)14-15-36(31)37-17-20-45(58-49(37)54(69)70)64-27-24-34-8-7-9-38(41(34)29-64)52(67)60-55-57-42-10-5-6-11-44(42)73-55/h5-11,14-17,19-20,28,32-33,40H,12-13,18,21-27,29-30H2,1-4H3,(H,56,66)(H,69,70)(H,57,60,67)(H,59,65,68)/t32-,40?/m1/s1. The number of aromatic nitrogens is 4. The molecule has 2 atom stereocenters. The number of carbonyl (C=O) groups excluding carboxylic acids is 4. The van der Waals surface area contributed by atoms with Crippen LogP contribution in [0.25, 0.3) is 32.2 Å². The number of amides is 4. The van der Waals surface area contributed by atoms with E-state index in [2.05, 4.69) is 37.9 Å². The molecule has 4 amide bonds. The molecule has 0 spiro atoms. The summed E-state index contributed by atoms with van der Waals surface area (Å²) >= 11 is 1.43. The number of imide groups is 1. The third kappa shape index (κ3) is 10.3. The van der Waals surface area contributed by atoms with Gasteiger partial charge in [0.1, 0.15) is 17.1 Å². The lowest BCUT2D eigenvalue weighted by atomic mass is 9.91.